The predicted octanol–water partition coefficient (Wildman–Crippen LogP) is -0.224. The van der Waals surface area contributed by atoms with Gasteiger partial charge in [0.2, 0.25) is 15.6 Å². The van der Waals surface area contributed by atoms with Gasteiger partial charge in [-0.25, -0.2) is 12.7 Å². The van der Waals surface area contributed by atoms with Gasteiger partial charge in [0.05, 0.1) is 11.8 Å². The molecule has 0 fully saturated rings. The Morgan fingerprint density at radius 2 is 2.10 bits per heavy atom. The van der Waals surface area contributed by atoms with E-state index < -0.39 is 10.0 Å². The Hall–Kier alpha value is -1.67. The SMILES string of the molecule is CCN(CCCNC(=O)c1ccc(=O)[nH]c1)S(C)(=O)=O. The van der Waals surface area contributed by atoms with Gasteiger partial charge in [0.15, 0.2) is 0 Å². The van der Waals surface area contributed by atoms with Crippen molar-refractivity contribution in [1.29, 1.82) is 0 Å². The number of hydrogen-bond donors (Lipinski definition) is 2. The van der Waals surface area contributed by atoms with Crippen LogP contribution in [0.4, 0.5) is 0 Å². The van der Waals surface area contributed by atoms with Crippen LogP contribution in [0, 0.1) is 0 Å². The molecule has 0 radical (unpaired) electrons. The van der Waals surface area contributed by atoms with Crippen molar-refractivity contribution >= 4 is 15.9 Å². The van der Waals surface area contributed by atoms with Gasteiger partial charge in [-0.05, 0) is 12.5 Å². The molecule has 0 aliphatic carbocycles. The van der Waals surface area contributed by atoms with Gasteiger partial charge < -0.3 is 10.3 Å². The number of rotatable bonds is 7. The Kier molecular flexibility index (Phi) is 5.90. The lowest BCUT2D eigenvalue weighted by molar-refractivity contribution is 0.0952. The van der Waals surface area contributed by atoms with Crippen LogP contribution < -0.4 is 10.9 Å². The summed E-state index contributed by atoms with van der Waals surface area (Å²) in [5.41, 5.74) is 0.0911. The molecule has 0 saturated carbocycles. The molecule has 7 nitrogen and oxygen atoms in total. The highest BCUT2D eigenvalue weighted by Crippen LogP contribution is 1.99. The Balaban J connectivity index is 2.39. The second kappa shape index (κ2) is 7.20. The molecular weight excluding hydrogens is 282 g/mol. The van der Waals surface area contributed by atoms with E-state index in [1.54, 1.807) is 6.92 Å². The molecule has 0 aliphatic heterocycles. The van der Waals surface area contributed by atoms with Crippen molar-refractivity contribution in [3.8, 4) is 0 Å². The third-order valence-corrected chi connectivity index (χ3v) is 4.12. The number of pyridine rings is 1. The highest BCUT2D eigenvalue weighted by atomic mass is 32.2. The van der Waals surface area contributed by atoms with E-state index >= 15 is 0 Å². The average Bonchev–Trinajstić information content (AvgIpc) is 2.37. The summed E-state index contributed by atoms with van der Waals surface area (Å²) in [6.07, 6.45) is 3.03. The zero-order valence-electron chi connectivity index (χ0n) is 11.5. The van der Waals surface area contributed by atoms with Crippen molar-refractivity contribution < 1.29 is 13.2 Å². The maximum absolute atomic E-state index is 11.7. The van der Waals surface area contributed by atoms with Crippen LogP contribution in [0.25, 0.3) is 0 Å². The van der Waals surface area contributed by atoms with E-state index in [1.807, 2.05) is 0 Å². The number of hydrogen-bond acceptors (Lipinski definition) is 4. The number of nitrogens with zero attached hydrogens (tertiary/aromatic N) is 1. The molecule has 0 unspecified atom stereocenters. The summed E-state index contributed by atoms with van der Waals surface area (Å²) in [7, 11) is -3.19. The molecule has 1 amide bonds. The molecule has 1 aromatic rings. The Labute approximate surface area is 118 Å². The van der Waals surface area contributed by atoms with Crippen molar-refractivity contribution in [1.82, 2.24) is 14.6 Å². The van der Waals surface area contributed by atoms with Crippen LogP contribution in [0.15, 0.2) is 23.1 Å². The van der Waals surface area contributed by atoms with E-state index in [0.29, 0.717) is 31.6 Å². The van der Waals surface area contributed by atoms with E-state index in [4.69, 9.17) is 0 Å². The number of amides is 1. The molecule has 2 N–H and O–H groups in total. The fourth-order valence-electron chi connectivity index (χ4n) is 1.67. The van der Waals surface area contributed by atoms with Crippen LogP contribution in [0.1, 0.15) is 23.7 Å². The molecule has 1 heterocycles. The standard InChI is InChI=1S/C12H19N3O4S/c1-3-15(20(2,18)19)8-4-7-13-12(17)10-5-6-11(16)14-9-10/h5-6,9H,3-4,7-8H2,1-2H3,(H,13,17)(H,14,16). The topological polar surface area (TPSA) is 99.3 Å². The van der Waals surface area contributed by atoms with Gasteiger partial charge in [0, 0.05) is 31.9 Å². The van der Waals surface area contributed by atoms with E-state index in [9.17, 15) is 18.0 Å². The molecule has 0 spiro atoms. The largest absolute Gasteiger partial charge is 0.352 e. The molecule has 1 rings (SSSR count). The number of aromatic amines is 1. The van der Waals surface area contributed by atoms with Gasteiger partial charge in [-0.1, -0.05) is 6.92 Å². The molecule has 0 atom stereocenters. The third kappa shape index (κ3) is 5.14. The summed E-state index contributed by atoms with van der Waals surface area (Å²) < 4.78 is 24.0. The smallest absolute Gasteiger partial charge is 0.252 e. The quantitative estimate of drug-likeness (QED) is 0.680. The van der Waals surface area contributed by atoms with Crippen molar-refractivity contribution in [3.63, 3.8) is 0 Å². The number of carbonyl (C=O) groups is 1. The summed E-state index contributed by atoms with van der Waals surface area (Å²) in [4.78, 5) is 25.0. The van der Waals surface area contributed by atoms with E-state index in [-0.39, 0.29) is 11.5 Å². The van der Waals surface area contributed by atoms with Crippen LogP contribution in [0.5, 0.6) is 0 Å². The third-order valence-electron chi connectivity index (χ3n) is 2.74. The normalized spacial score (nSPS) is 11.6. The summed E-state index contributed by atoms with van der Waals surface area (Å²) in [5.74, 6) is -0.302. The number of nitrogens with one attached hydrogen (secondary N) is 2. The first-order valence-corrected chi connectivity index (χ1v) is 8.11. The van der Waals surface area contributed by atoms with Gasteiger partial charge in [0.1, 0.15) is 0 Å². The first-order chi connectivity index (χ1) is 9.34. The second-order valence-corrected chi connectivity index (χ2v) is 6.29. The summed E-state index contributed by atoms with van der Waals surface area (Å²) >= 11 is 0. The second-order valence-electron chi connectivity index (χ2n) is 4.31. The number of carbonyl (C=O) groups excluding carboxylic acids is 1. The van der Waals surface area contributed by atoms with Crippen molar-refractivity contribution in [2.45, 2.75) is 13.3 Å². The predicted molar refractivity (Wildman–Crippen MR) is 76.1 cm³/mol. The zero-order chi connectivity index (χ0) is 15.2. The van der Waals surface area contributed by atoms with Crippen LogP contribution in [-0.2, 0) is 10.0 Å². The van der Waals surface area contributed by atoms with Crippen molar-refractivity contribution in [2.75, 3.05) is 25.9 Å². The monoisotopic (exact) mass is 301 g/mol. The van der Waals surface area contributed by atoms with Gasteiger partial charge in [-0.2, -0.15) is 0 Å². The van der Waals surface area contributed by atoms with Gasteiger partial charge in [-0.3, -0.25) is 9.59 Å². The minimum absolute atomic E-state index is 0.270. The van der Waals surface area contributed by atoms with Crippen LogP contribution >= 0.6 is 0 Å². The zero-order valence-corrected chi connectivity index (χ0v) is 12.4. The van der Waals surface area contributed by atoms with Crippen molar-refractivity contribution in [2.24, 2.45) is 0 Å². The van der Waals surface area contributed by atoms with Crippen LogP contribution in [-0.4, -0.2) is 49.5 Å². The van der Waals surface area contributed by atoms with E-state index in [0.717, 1.165) is 6.26 Å². The van der Waals surface area contributed by atoms with Gasteiger partial charge in [-0.15, -0.1) is 0 Å². The first-order valence-electron chi connectivity index (χ1n) is 6.26. The molecule has 8 heteroatoms. The first kappa shape index (κ1) is 16.4. The lowest BCUT2D eigenvalue weighted by Crippen LogP contribution is -2.33. The minimum atomic E-state index is -3.19. The Morgan fingerprint density at radius 1 is 1.40 bits per heavy atom. The van der Waals surface area contributed by atoms with Gasteiger partial charge >= 0.3 is 0 Å². The number of H-pyrrole nitrogens is 1. The van der Waals surface area contributed by atoms with E-state index in [1.165, 1.54) is 22.6 Å². The maximum atomic E-state index is 11.7. The molecule has 0 bridgehead atoms. The highest BCUT2D eigenvalue weighted by Gasteiger charge is 2.13. The molecule has 1 aromatic heterocycles. The fraction of sp³-hybridized carbons (Fsp3) is 0.500. The average molecular weight is 301 g/mol. The lowest BCUT2D eigenvalue weighted by Gasteiger charge is -2.17. The van der Waals surface area contributed by atoms with E-state index in [2.05, 4.69) is 10.3 Å². The van der Waals surface area contributed by atoms with Crippen LogP contribution in [0.2, 0.25) is 0 Å². The number of aromatic nitrogens is 1. The molecule has 0 saturated heterocycles. The lowest BCUT2D eigenvalue weighted by atomic mass is 10.2. The molecule has 0 aromatic carbocycles. The summed E-state index contributed by atoms with van der Waals surface area (Å²) in [6.45, 7) is 2.90. The highest BCUT2D eigenvalue weighted by molar-refractivity contribution is 7.88. The maximum Gasteiger partial charge on any atom is 0.252 e. The molecular formula is C12H19N3O4S. The summed E-state index contributed by atoms with van der Waals surface area (Å²) in [5, 5.41) is 2.67. The molecule has 20 heavy (non-hydrogen) atoms. The minimum Gasteiger partial charge on any atom is -0.352 e. The Bertz CT molecular complexity index is 589. The summed E-state index contributed by atoms with van der Waals surface area (Å²) in [6, 6.07) is 2.71. The van der Waals surface area contributed by atoms with Crippen LogP contribution in [0.3, 0.4) is 0 Å². The van der Waals surface area contributed by atoms with Crippen molar-refractivity contribution in [3.05, 3.63) is 34.2 Å². The number of sulfonamides is 1. The van der Waals surface area contributed by atoms with Gasteiger partial charge in [0.25, 0.3) is 5.91 Å². The fourth-order valence-corrected chi connectivity index (χ4v) is 2.60. The molecule has 0 aliphatic rings. The Morgan fingerprint density at radius 3 is 2.60 bits per heavy atom. The molecule has 112 valence electrons.